The lowest BCUT2D eigenvalue weighted by atomic mass is 10.1. The van der Waals surface area contributed by atoms with Gasteiger partial charge in [0.2, 0.25) is 0 Å². The number of nitrogens with zero attached hydrogens (tertiary/aromatic N) is 6. The Morgan fingerprint density at radius 2 is 1.78 bits per heavy atom. The minimum Gasteiger partial charge on any atom is -0.383 e. The van der Waals surface area contributed by atoms with Crippen molar-refractivity contribution >= 4 is 27.6 Å². The van der Waals surface area contributed by atoms with E-state index in [1.807, 2.05) is 70.2 Å². The molecule has 0 saturated carbocycles. The monoisotopic (exact) mass is 427 g/mol. The highest BCUT2D eigenvalue weighted by molar-refractivity contribution is 5.88. The number of aromatic nitrogens is 6. The van der Waals surface area contributed by atoms with Crippen molar-refractivity contribution in [1.82, 2.24) is 29.3 Å². The SMILES string of the molecule is CC.Cc1cccnc1-n1c(Cn2nc(C)c3c(N)ncnc32)cc2ccccc2c1=O. The molecule has 4 heterocycles. The number of aryl methyl sites for hydroxylation is 2. The van der Waals surface area contributed by atoms with Gasteiger partial charge in [-0.1, -0.05) is 38.1 Å². The van der Waals surface area contributed by atoms with Gasteiger partial charge in [0.05, 0.1) is 23.3 Å². The molecule has 0 radical (unpaired) electrons. The Balaban J connectivity index is 0.00000119. The zero-order valence-corrected chi connectivity index (χ0v) is 18.6. The van der Waals surface area contributed by atoms with Gasteiger partial charge in [-0.25, -0.2) is 19.6 Å². The average Bonchev–Trinajstić information content (AvgIpc) is 3.13. The lowest BCUT2D eigenvalue weighted by Gasteiger charge is -2.16. The third kappa shape index (κ3) is 3.49. The van der Waals surface area contributed by atoms with Crippen LogP contribution in [0.3, 0.4) is 0 Å². The Bertz CT molecular complexity index is 1480. The largest absolute Gasteiger partial charge is 0.383 e. The van der Waals surface area contributed by atoms with E-state index in [0.29, 0.717) is 29.2 Å². The van der Waals surface area contributed by atoms with Crippen LogP contribution >= 0.6 is 0 Å². The predicted octanol–water partition coefficient (Wildman–Crippen LogP) is 3.80. The van der Waals surface area contributed by atoms with Crippen LogP contribution < -0.4 is 11.3 Å². The molecular weight excluding hydrogens is 402 g/mol. The smallest absolute Gasteiger partial charge is 0.264 e. The normalized spacial score (nSPS) is 10.9. The molecule has 0 spiro atoms. The summed E-state index contributed by atoms with van der Waals surface area (Å²) in [6.07, 6.45) is 3.11. The molecule has 0 aliphatic rings. The fraction of sp³-hybridized carbons (Fsp3) is 0.208. The van der Waals surface area contributed by atoms with Crippen LogP contribution in [0.4, 0.5) is 5.82 Å². The van der Waals surface area contributed by atoms with Crippen LogP contribution in [-0.4, -0.2) is 29.3 Å². The van der Waals surface area contributed by atoms with Crippen molar-refractivity contribution in [3.63, 3.8) is 0 Å². The summed E-state index contributed by atoms with van der Waals surface area (Å²) in [6, 6.07) is 13.3. The Morgan fingerprint density at radius 3 is 2.56 bits per heavy atom. The number of benzene rings is 1. The molecule has 0 atom stereocenters. The highest BCUT2D eigenvalue weighted by Gasteiger charge is 2.17. The Kier molecular flexibility index (Phi) is 5.68. The van der Waals surface area contributed by atoms with Crippen molar-refractivity contribution in [2.45, 2.75) is 34.2 Å². The first-order valence-electron chi connectivity index (χ1n) is 10.5. The molecule has 4 aromatic heterocycles. The minimum absolute atomic E-state index is 0.118. The van der Waals surface area contributed by atoms with Crippen molar-refractivity contribution in [1.29, 1.82) is 0 Å². The average molecular weight is 428 g/mol. The fourth-order valence-electron chi connectivity index (χ4n) is 3.85. The van der Waals surface area contributed by atoms with Crippen LogP contribution in [-0.2, 0) is 6.54 Å². The molecule has 8 nitrogen and oxygen atoms in total. The maximum Gasteiger partial charge on any atom is 0.264 e. The van der Waals surface area contributed by atoms with E-state index >= 15 is 0 Å². The number of rotatable bonds is 3. The second-order valence-electron chi connectivity index (χ2n) is 7.21. The van der Waals surface area contributed by atoms with E-state index in [0.717, 1.165) is 27.7 Å². The zero-order chi connectivity index (χ0) is 22.8. The van der Waals surface area contributed by atoms with Gasteiger partial charge in [-0.3, -0.25) is 9.36 Å². The lowest BCUT2D eigenvalue weighted by molar-refractivity contribution is 0.660. The van der Waals surface area contributed by atoms with Gasteiger partial charge >= 0.3 is 0 Å². The van der Waals surface area contributed by atoms with E-state index in [9.17, 15) is 4.79 Å². The number of fused-ring (bicyclic) bond motifs is 2. The fourth-order valence-corrected chi connectivity index (χ4v) is 3.85. The minimum atomic E-state index is -0.118. The van der Waals surface area contributed by atoms with E-state index < -0.39 is 0 Å². The highest BCUT2D eigenvalue weighted by Crippen LogP contribution is 2.23. The van der Waals surface area contributed by atoms with Gasteiger partial charge in [0.1, 0.15) is 18.0 Å². The summed E-state index contributed by atoms with van der Waals surface area (Å²) < 4.78 is 3.41. The first kappa shape index (κ1) is 21.2. The molecule has 5 aromatic rings. The van der Waals surface area contributed by atoms with Gasteiger partial charge in [0.15, 0.2) is 5.65 Å². The van der Waals surface area contributed by atoms with Crippen molar-refractivity contribution in [2.24, 2.45) is 0 Å². The zero-order valence-electron chi connectivity index (χ0n) is 18.6. The number of pyridine rings is 2. The molecule has 0 amide bonds. The Hall–Kier alpha value is -4.07. The number of hydrogen-bond donors (Lipinski definition) is 1. The van der Waals surface area contributed by atoms with E-state index in [1.54, 1.807) is 15.4 Å². The van der Waals surface area contributed by atoms with E-state index in [1.165, 1.54) is 6.33 Å². The van der Waals surface area contributed by atoms with Gasteiger partial charge in [-0.2, -0.15) is 5.10 Å². The van der Waals surface area contributed by atoms with Crippen LogP contribution in [0.25, 0.3) is 27.6 Å². The van der Waals surface area contributed by atoms with Gasteiger partial charge in [-0.05, 0) is 43.0 Å². The quantitative estimate of drug-likeness (QED) is 0.470. The number of nitrogens with two attached hydrogens (primary N) is 1. The van der Waals surface area contributed by atoms with Crippen LogP contribution in [0, 0.1) is 13.8 Å². The standard InChI is InChI=1S/C22H19N7O.C2H6/c1-13-6-5-9-24-20(13)29-16(10-15-7-3-4-8-17(15)22(29)30)11-28-21-18(14(2)27-28)19(23)25-12-26-21;1-2/h3-10,12H,11H2,1-2H3,(H2,23,25,26);1-2H3. The number of nitrogen functional groups attached to an aromatic ring is 1. The lowest BCUT2D eigenvalue weighted by Crippen LogP contribution is -2.25. The maximum absolute atomic E-state index is 13.5. The summed E-state index contributed by atoms with van der Waals surface area (Å²) in [5.41, 5.74) is 8.95. The molecule has 0 aliphatic carbocycles. The van der Waals surface area contributed by atoms with Gasteiger partial charge in [0, 0.05) is 11.6 Å². The van der Waals surface area contributed by atoms with E-state index in [4.69, 9.17) is 5.73 Å². The first-order valence-corrected chi connectivity index (χ1v) is 10.5. The van der Waals surface area contributed by atoms with Crippen LogP contribution in [0.2, 0.25) is 0 Å². The molecule has 0 saturated heterocycles. The highest BCUT2D eigenvalue weighted by atomic mass is 16.1. The van der Waals surface area contributed by atoms with Crippen LogP contribution in [0.1, 0.15) is 30.8 Å². The van der Waals surface area contributed by atoms with Gasteiger partial charge in [-0.15, -0.1) is 0 Å². The van der Waals surface area contributed by atoms with Crippen molar-refractivity contribution < 1.29 is 0 Å². The van der Waals surface area contributed by atoms with Gasteiger partial charge < -0.3 is 5.73 Å². The molecule has 32 heavy (non-hydrogen) atoms. The van der Waals surface area contributed by atoms with Crippen molar-refractivity contribution in [3.05, 3.63) is 82.3 Å². The molecular formula is C24H25N7O. The summed E-state index contributed by atoms with van der Waals surface area (Å²) in [5.74, 6) is 0.991. The summed E-state index contributed by atoms with van der Waals surface area (Å²) in [6.45, 7) is 8.14. The summed E-state index contributed by atoms with van der Waals surface area (Å²) in [4.78, 5) is 26.4. The third-order valence-electron chi connectivity index (χ3n) is 5.24. The molecule has 2 N–H and O–H groups in total. The number of hydrogen-bond acceptors (Lipinski definition) is 6. The third-order valence-corrected chi connectivity index (χ3v) is 5.24. The maximum atomic E-state index is 13.5. The molecule has 1 aromatic carbocycles. The van der Waals surface area contributed by atoms with Crippen molar-refractivity contribution in [2.75, 3.05) is 5.73 Å². The molecule has 8 heteroatoms. The molecule has 5 rings (SSSR count). The van der Waals surface area contributed by atoms with E-state index in [2.05, 4.69) is 20.1 Å². The Morgan fingerprint density at radius 1 is 1.00 bits per heavy atom. The summed E-state index contributed by atoms with van der Waals surface area (Å²) >= 11 is 0. The Labute approximate surface area is 185 Å². The molecule has 0 bridgehead atoms. The van der Waals surface area contributed by atoms with E-state index in [-0.39, 0.29) is 5.56 Å². The predicted molar refractivity (Wildman–Crippen MR) is 127 cm³/mol. The molecule has 0 aliphatic heterocycles. The molecule has 0 fully saturated rings. The van der Waals surface area contributed by atoms with Crippen LogP contribution in [0.5, 0.6) is 0 Å². The van der Waals surface area contributed by atoms with Crippen molar-refractivity contribution in [3.8, 4) is 5.82 Å². The second kappa shape index (κ2) is 8.58. The summed E-state index contributed by atoms with van der Waals surface area (Å²) in [5, 5.41) is 6.84. The second-order valence-corrected chi connectivity index (χ2v) is 7.21. The summed E-state index contributed by atoms with van der Waals surface area (Å²) in [7, 11) is 0. The van der Waals surface area contributed by atoms with Crippen LogP contribution in [0.15, 0.2) is 59.8 Å². The van der Waals surface area contributed by atoms with Gasteiger partial charge in [0.25, 0.3) is 5.56 Å². The topological polar surface area (TPSA) is 105 Å². The molecule has 162 valence electrons. The molecule has 0 unspecified atom stereocenters. The number of anilines is 1. The first-order chi connectivity index (χ1) is 15.5.